The van der Waals surface area contributed by atoms with E-state index in [0.29, 0.717) is 54.2 Å². The van der Waals surface area contributed by atoms with Crippen molar-refractivity contribution in [3.63, 3.8) is 0 Å². The number of hydrogen-bond donors (Lipinski definition) is 0. The standard InChI is InChI=1S/C25H22F3N5O2S/c1-29-23-20(14-17-9-12-32(13-10-17)16-25(26,27)28)22-19-8-5-11-30-24(19)33(21(22)15-31-23)36(34,35)18-6-3-2-4-7-18/h2-8,11,15,17H,9-10,12-14,16H2. The maximum absolute atomic E-state index is 13.7. The maximum Gasteiger partial charge on any atom is 0.401 e. The number of aromatic nitrogens is 3. The molecule has 186 valence electrons. The van der Waals surface area contributed by atoms with Gasteiger partial charge in [-0.1, -0.05) is 24.8 Å². The molecule has 1 aliphatic rings. The number of rotatable bonds is 5. The van der Waals surface area contributed by atoms with Crippen LogP contribution in [-0.4, -0.2) is 53.1 Å². The molecule has 7 nitrogen and oxygen atoms in total. The summed E-state index contributed by atoms with van der Waals surface area (Å²) in [5, 5.41) is 1.18. The van der Waals surface area contributed by atoms with Crippen molar-refractivity contribution in [2.45, 2.75) is 30.3 Å². The Kier molecular flexibility index (Phi) is 6.18. The van der Waals surface area contributed by atoms with Crippen molar-refractivity contribution in [1.29, 1.82) is 0 Å². The summed E-state index contributed by atoms with van der Waals surface area (Å²) >= 11 is 0. The van der Waals surface area contributed by atoms with E-state index in [1.165, 1.54) is 33.4 Å². The zero-order chi connectivity index (χ0) is 25.5. The molecule has 0 aliphatic carbocycles. The topological polar surface area (TPSA) is 72.5 Å². The summed E-state index contributed by atoms with van der Waals surface area (Å²) in [6.07, 6.45) is 0.171. The highest BCUT2D eigenvalue weighted by molar-refractivity contribution is 7.90. The van der Waals surface area contributed by atoms with Crippen molar-refractivity contribution >= 4 is 37.8 Å². The minimum atomic E-state index is -4.24. The normalized spacial score (nSPS) is 15.9. The minimum absolute atomic E-state index is 0.0446. The number of fused-ring (bicyclic) bond motifs is 3. The number of halogens is 3. The highest BCUT2D eigenvalue weighted by atomic mass is 32.2. The molecule has 1 saturated heterocycles. The molecule has 0 atom stereocenters. The molecule has 0 spiro atoms. The predicted octanol–water partition coefficient (Wildman–Crippen LogP) is 5.19. The van der Waals surface area contributed by atoms with Crippen LogP contribution >= 0.6 is 0 Å². The summed E-state index contributed by atoms with van der Waals surface area (Å²) in [7, 11) is -4.02. The van der Waals surface area contributed by atoms with E-state index in [-0.39, 0.29) is 22.3 Å². The number of hydrogen-bond acceptors (Lipinski definition) is 5. The van der Waals surface area contributed by atoms with Gasteiger partial charge < -0.3 is 4.85 Å². The van der Waals surface area contributed by atoms with Crippen LogP contribution in [0.15, 0.2) is 59.8 Å². The van der Waals surface area contributed by atoms with Crippen LogP contribution in [-0.2, 0) is 16.4 Å². The Morgan fingerprint density at radius 1 is 1.06 bits per heavy atom. The fourth-order valence-electron chi connectivity index (χ4n) is 4.98. The first-order chi connectivity index (χ1) is 17.2. The Bertz CT molecular complexity index is 1570. The van der Waals surface area contributed by atoms with Crippen molar-refractivity contribution in [3.8, 4) is 0 Å². The van der Waals surface area contributed by atoms with Crippen LogP contribution in [0.1, 0.15) is 18.4 Å². The lowest BCUT2D eigenvalue weighted by Gasteiger charge is -2.32. The first-order valence-electron chi connectivity index (χ1n) is 11.4. The van der Waals surface area contributed by atoms with Crippen molar-refractivity contribution in [1.82, 2.24) is 18.8 Å². The lowest BCUT2D eigenvalue weighted by molar-refractivity contribution is -0.148. The van der Waals surface area contributed by atoms with Gasteiger partial charge in [-0.3, -0.25) is 4.90 Å². The molecule has 0 bridgehead atoms. The Morgan fingerprint density at radius 3 is 2.44 bits per heavy atom. The largest absolute Gasteiger partial charge is 0.401 e. The van der Waals surface area contributed by atoms with Gasteiger partial charge in [0.1, 0.15) is 11.7 Å². The van der Waals surface area contributed by atoms with Gasteiger partial charge in [0.25, 0.3) is 15.8 Å². The number of alkyl halides is 3. The molecule has 4 heterocycles. The third kappa shape index (κ3) is 4.42. The predicted molar refractivity (Wildman–Crippen MR) is 129 cm³/mol. The monoisotopic (exact) mass is 513 g/mol. The summed E-state index contributed by atoms with van der Waals surface area (Å²) < 4.78 is 66.9. The summed E-state index contributed by atoms with van der Waals surface area (Å²) in [5.41, 5.74) is 1.17. The maximum atomic E-state index is 13.7. The van der Waals surface area contributed by atoms with Crippen molar-refractivity contribution in [3.05, 3.63) is 71.8 Å². The quantitative estimate of drug-likeness (QED) is 0.344. The molecule has 0 radical (unpaired) electrons. The van der Waals surface area contributed by atoms with E-state index >= 15 is 0 Å². The molecule has 0 N–H and O–H groups in total. The lowest BCUT2D eigenvalue weighted by Crippen LogP contribution is -2.40. The number of piperidine rings is 1. The summed E-state index contributed by atoms with van der Waals surface area (Å²) in [4.78, 5) is 13.7. The van der Waals surface area contributed by atoms with Crippen LogP contribution < -0.4 is 0 Å². The van der Waals surface area contributed by atoms with Crippen LogP contribution in [0.2, 0.25) is 0 Å². The van der Waals surface area contributed by atoms with E-state index in [1.807, 2.05) is 0 Å². The fourth-order valence-corrected chi connectivity index (χ4v) is 6.46. The molecule has 5 rings (SSSR count). The van der Waals surface area contributed by atoms with Crippen LogP contribution in [0.3, 0.4) is 0 Å². The Balaban J connectivity index is 1.61. The molecule has 1 aromatic carbocycles. The van der Waals surface area contributed by atoms with Crippen LogP contribution in [0.5, 0.6) is 0 Å². The van der Waals surface area contributed by atoms with Gasteiger partial charge in [-0.05, 0) is 68.1 Å². The second-order valence-corrected chi connectivity index (χ2v) is 10.7. The van der Waals surface area contributed by atoms with Gasteiger partial charge in [-0.2, -0.15) is 13.2 Å². The Hall–Kier alpha value is -3.49. The molecule has 1 fully saturated rings. The van der Waals surface area contributed by atoms with Crippen LogP contribution in [0.25, 0.3) is 26.8 Å². The SMILES string of the molecule is [C-]#[N+]c1ncc2c(c1CC1CCN(CC(F)(F)F)CC1)c1cccnc1n2S(=O)(=O)c1ccccc1. The number of likely N-dealkylation sites (tertiary alicyclic amines) is 1. The van der Waals surface area contributed by atoms with Gasteiger partial charge in [0.15, 0.2) is 5.65 Å². The molecule has 11 heteroatoms. The molecule has 0 amide bonds. The second-order valence-electron chi connectivity index (χ2n) is 8.93. The Labute approximate surface area is 206 Å². The fraction of sp³-hybridized carbons (Fsp3) is 0.320. The van der Waals surface area contributed by atoms with Crippen LogP contribution in [0, 0.1) is 12.5 Å². The average molecular weight is 514 g/mol. The van der Waals surface area contributed by atoms with Gasteiger partial charge in [0.2, 0.25) is 0 Å². The van der Waals surface area contributed by atoms with E-state index < -0.39 is 22.7 Å². The smallest absolute Gasteiger partial charge is 0.360 e. The number of pyridine rings is 2. The van der Waals surface area contributed by atoms with Crippen molar-refractivity contribution < 1.29 is 21.6 Å². The van der Waals surface area contributed by atoms with E-state index in [4.69, 9.17) is 6.57 Å². The van der Waals surface area contributed by atoms with Crippen molar-refractivity contribution in [2.75, 3.05) is 19.6 Å². The molecular formula is C25H22F3N5O2S. The molecule has 1 aliphatic heterocycles. The van der Waals surface area contributed by atoms with Crippen molar-refractivity contribution in [2.24, 2.45) is 5.92 Å². The minimum Gasteiger partial charge on any atom is -0.360 e. The van der Waals surface area contributed by atoms with Crippen LogP contribution in [0.4, 0.5) is 19.0 Å². The zero-order valence-electron chi connectivity index (χ0n) is 19.1. The molecule has 36 heavy (non-hydrogen) atoms. The molecular weight excluding hydrogens is 491 g/mol. The third-order valence-corrected chi connectivity index (χ3v) is 8.31. The molecule has 0 unspecified atom stereocenters. The van der Waals surface area contributed by atoms with E-state index in [1.54, 1.807) is 30.3 Å². The molecule has 4 aromatic rings. The summed E-state index contributed by atoms with van der Waals surface area (Å²) in [6, 6.07) is 11.5. The average Bonchev–Trinajstić information content (AvgIpc) is 3.20. The second kappa shape index (κ2) is 9.19. The van der Waals surface area contributed by atoms with Gasteiger partial charge in [-0.15, -0.1) is 4.98 Å². The number of benzene rings is 1. The van der Waals surface area contributed by atoms with Gasteiger partial charge in [-0.25, -0.2) is 17.4 Å². The molecule has 0 saturated carbocycles. The zero-order valence-corrected chi connectivity index (χ0v) is 19.9. The summed E-state index contributed by atoms with van der Waals surface area (Å²) in [5.74, 6) is 0.211. The number of nitrogens with zero attached hydrogens (tertiary/aromatic N) is 5. The molecule has 3 aromatic heterocycles. The lowest BCUT2D eigenvalue weighted by atomic mass is 9.89. The van der Waals surface area contributed by atoms with Gasteiger partial charge in [0.05, 0.1) is 11.4 Å². The van der Waals surface area contributed by atoms with E-state index in [0.717, 1.165) is 0 Å². The first kappa shape index (κ1) is 24.2. The Morgan fingerprint density at radius 2 is 1.78 bits per heavy atom. The highest BCUT2D eigenvalue weighted by Gasteiger charge is 2.33. The van der Waals surface area contributed by atoms with Gasteiger partial charge in [0, 0.05) is 17.0 Å². The van der Waals surface area contributed by atoms with E-state index in [2.05, 4.69) is 14.8 Å². The third-order valence-electron chi connectivity index (χ3n) is 6.59. The van der Waals surface area contributed by atoms with E-state index in [9.17, 15) is 21.6 Å². The summed E-state index contributed by atoms with van der Waals surface area (Å²) in [6.45, 7) is 7.36. The first-order valence-corrected chi connectivity index (χ1v) is 12.9. The van der Waals surface area contributed by atoms with Gasteiger partial charge >= 0.3 is 6.18 Å². The highest BCUT2D eigenvalue weighted by Crippen LogP contribution is 2.38.